The molecule has 1 aliphatic rings. The summed E-state index contributed by atoms with van der Waals surface area (Å²) in [7, 11) is 0. The predicted molar refractivity (Wildman–Crippen MR) is 99.8 cm³/mol. The number of halogens is 1. The molecule has 122 valence electrons. The van der Waals surface area contributed by atoms with Gasteiger partial charge in [0.1, 0.15) is 11.6 Å². The maximum atomic E-state index is 11.9. The first-order valence-electron chi connectivity index (χ1n) is 7.47. The molecule has 2 aromatic heterocycles. The topological polar surface area (TPSA) is 97.1 Å². The Morgan fingerprint density at radius 1 is 1.33 bits per heavy atom. The lowest BCUT2D eigenvalue weighted by molar-refractivity contribution is 0.140. The zero-order valence-corrected chi connectivity index (χ0v) is 14.8. The standard InChI is InChI=1S/C16H14IN5O2/c17-9-6-11(14(18)19-8-9)15-20-12-3-2-10(7-13(12)21-15)22-4-1-5-24-16(22)23/h2-3,6-8H,1,4-5H2,(H2,18,19)(H,20,21). The zero-order valence-electron chi connectivity index (χ0n) is 12.6. The summed E-state index contributed by atoms with van der Waals surface area (Å²) in [6.07, 6.45) is 2.22. The fraction of sp³-hybridized carbons (Fsp3) is 0.188. The van der Waals surface area contributed by atoms with Gasteiger partial charge in [-0.1, -0.05) is 0 Å². The number of rotatable bonds is 2. The van der Waals surface area contributed by atoms with Gasteiger partial charge in [-0.25, -0.2) is 14.8 Å². The van der Waals surface area contributed by atoms with Crippen LogP contribution in [-0.2, 0) is 4.74 Å². The number of H-pyrrole nitrogens is 1. The van der Waals surface area contributed by atoms with Crippen LogP contribution in [-0.4, -0.2) is 34.2 Å². The summed E-state index contributed by atoms with van der Waals surface area (Å²) in [5, 5.41) is 0. The van der Waals surface area contributed by atoms with E-state index in [-0.39, 0.29) is 6.09 Å². The molecule has 4 rings (SSSR count). The molecule has 0 spiro atoms. The number of carbonyl (C=O) groups is 1. The van der Waals surface area contributed by atoms with E-state index < -0.39 is 0 Å². The maximum Gasteiger partial charge on any atom is 0.414 e. The molecule has 0 saturated carbocycles. The number of amides is 1. The molecule has 3 heterocycles. The smallest absolute Gasteiger partial charge is 0.414 e. The number of nitrogens with two attached hydrogens (primary N) is 1. The van der Waals surface area contributed by atoms with Crippen LogP contribution in [0.4, 0.5) is 16.3 Å². The first-order chi connectivity index (χ1) is 11.6. The van der Waals surface area contributed by atoms with E-state index in [2.05, 4.69) is 37.5 Å². The number of hydrogen-bond donors (Lipinski definition) is 2. The highest BCUT2D eigenvalue weighted by Crippen LogP contribution is 2.28. The first kappa shape index (κ1) is 15.2. The molecule has 8 heteroatoms. The molecule has 1 fully saturated rings. The number of pyridine rings is 1. The molecule has 0 radical (unpaired) electrons. The van der Waals surface area contributed by atoms with Crippen molar-refractivity contribution in [1.29, 1.82) is 0 Å². The van der Waals surface area contributed by atoms with E-state index in [1.54, 1.807) is 11.1 Å². The van der Waals surface area contributed by atoms with Crippen LogP contribution >= 0.6 is 22.6 Å². The molecule has 0 aliphatic carbocycles. The van der Waals surface area contributed by atoms with Gasteiger partial charge in [0.2, 0.25) is 0 Å². The van der Waals surface area contributed by atoms with Crippen LogP contribution in [0.25, 0.3) is 22.4 Å². The van der Waals surface area contributed by atoms with Crippen molar-refractivity contribution in [3.63, 3.8) is 0 Å². The van der Waals surface area contributed by atoms with Crippen molar-refractivity contribution in [3.8, 4) is 11.4 Å². The molecule has 1 aliphatic heterocycles. The monoisotopic (exact) mass is 435 g/mol. The molecule has 1 aromatic carbocycles. The second-order valence-electron chi connectivity index (χ2n) is 5.49. The van der Waals surface area contributed by atoms with Crippen LogP contribution in [0.15, 0.2) is 30.5 Å². The van der Waals surface area contributed by atoms with Gasteiger partial charge in [-0.05, 0) is 53.3 Å². The Morgan fingerprint density at radius 3 is 3.04 bits per heavy atom. The van der Waals surface area contributed by atoms with Gasteiger partial charge < -0.3 is 15.5 Å². The summed E-state index contributed by atoms with van der Waals surface area (Å²) < 4.78 is 6.08. The number of cyclic esters (lactones) is 1. The number of aromatic nitrogens is 3. The van der Waals surface area contributed by atoms with Gasteiger partial charge in [0, 0.05) is 22.0 Å². The lowest BCUT2D eigenvalue weighted by Gasteiger charge is -2.26. The average Bonchev–Trinajstić information content (AvgIpc) is 3.00. The second kappa shape index (κ2) is 5.93. The molecular weight excluding hydrogens is 421 g/mol. The van der Waals surface area contributed by atoms with Crippen molar-refractivity contribution in [2.75, 3.05) is 23.8 Å². The number of nitrogens with one attached hydrogen (secondary N) is 1. The molecule has 0 unspecified atom stereocenters. The number of hydrogen-bond acceptors (Lipinski definition) is 5. The molecule has 1 amide bonds. The maximum absolute atomic E-state index is 11.9. The lowest BCUT2D eigenvalue weighted by atomic mass is 10.2. The van der Waals surface area contributed by atoms with E-state index in [4.69, 9.17) is 10.5 Å². The van der Waals surface area contributed by atoms with Crippen molar-refractivity contribution < 1.29 is 9.53 Å². The third-order valence-electron chi connectivity index (χ3n) is 3.89. The Morgan fingerprint density at radius 2 is 2.21 bits per heavy atom. The summed E-state index contributed by atoms with van der Waals surface area (Å²) in [6, 6.07) is 7.58. The fourth-order valence-electron chi connectivity index (χ4n) is 2.72. The minimum absolute atomic E-state index is 0.314. The van der Waals surface area contributed by atoms with Crippen molar-refractivity contribution in [1.82, 2.24) is 15.0 Å². The van der Waals surface area contributed by atoms with E-state index in [0.717, 1.165) is 32.3 Å². The van der Waals surface area contributed by atoms with Crippen molar-refractivity contribution in [3.05, 3.63) is 34.0 Å². The molecule has 1 saturated heterocycles. The number of benzene rings is 1. The number of nitrogens with zero attached hydrogens (tertiary/aromatic N) is 3. The Labute approximate surface area is 151 Å². The summed E-state index contributed by atoms with van der Waals surface area (Å²) in [5.41, 5.74) is 9.15. The Bertz CT molecular complexity index is 939. The van der Waals surface area contributed by atoms with Crippen molar-refractivity contribution in [2.24, 2.45) is 0 Å². The number of aromatic amines is 1. The summed E-state index contributed by atoms with van der Waals surface area (Å²) >= 11 is 2.19. The van der Waals surface area contributed by atoms with Crippen LogP contribution < -0.4 is 10.6 Å². The summed E-state index contributed by atoms with van der Waals surface area (Å²) in [5.74, 6) is 1.08. The molecular formula is C16H14IN5O2. The number of fused-ring (bicyclic) bond motifs is 1. The van der Waals surface area contributed by atoms with Gasteiger partial charge in [-0.15, -0.1) is 0 Å². The van der Waals surface area contributed by atoms with E-state index in [9.17, 15) is 4.79 Å². The number of nitrogen functional groups attached to an aromatic ring is 1. The van der Waals surface area contributed by atoms with Gasteiger partial charge >= 0.3 is 6.09 Å². The van der Waals surface area contributed by atoms with Crippen LogP contribution in [0, 0.1) is 3.57 Å². The van der Waals surface area contributed by atoms with Gasteiger partial charge in [0.15, 0.2) is 0 Å². The van der Waals surface area contributed by atoms with E-state index in [1.165, 1.54) is 0 Å². The van der Waals surface area contributed by atoms with Crippen molar-refractivity contribution >= 4 is 51.2 Å². The summed E-state index contributed by atoms with van der Waals surface area (Å²) in [4.78, 5) is 25.5. The van der Waals surface area contributed by atoms with Gasteiger partial charge in [-0.2, -0.15) is 0 Å². The van der Waals surface area contributed by atoms with E-state index in [1.807, 2.05) is 24.3 Å². The highest BCUT2D eigenvalue weighted by molar-refractivity contribution is 14.1. The minimum atomic E-state index is -0.314. The van der Waals surface area contributed by atoms with Crippen LogP contribution in [0.1, 0.15) is 6.42 Å². The highest BCUT2D eigenvalue weighted by Gasteiger charge is 2.22. The fourth-order valence-corrected chi connectivity index (χ4v) is 3.17. The summed E-state index contributed by atoms with van der Waals surface area (Å²) in [6.45, 7) is 1.13. The third kappa shape index (κ3) is 2.66. The molecule has 3 N–H and O–H groups in total. The molecule has 3 aromatic rings. The molecule has 0 atom stereocenters. The third-order valence-corrected chi connectivity index (χ3v) is 4.48. The molecule has 0 bridgehead atoms. The Kier molecular flexibility index (Phi) is 3.75. The molecule has 24 heavy (non-hydrogen) atoms. The van der Waals surface area contributed by atoms with Crippen molar-refractivity contribution in [2.45, 2.75) is 6.42 Å². The largest absolute Gasteiger partial charge is 0.449 e. The number of anilines is 2. The van der Waals surface area contributed by atoms with Crippen LogP contribution in [0.2, 0.25) is 0 Å². The van der Waals surface area contributed by atoms with Gasteiger partial charge in [0.05, 0.1) is 23.2 Å². The van der Waals surface area contributed by atoms with Gasteiger partial charge in [-0.3, -0.25) is 4.90 Å². The zero-order chi connectivity index (χ0) is 16.7. The first-order valence-corrected chi connectivity index (χ1v) is 8.55. The lowest BCUT2D eigenvalue weighted by Crippen LogP contribution is -2.37. The number of imidazole rings is 1. The average molecular weight is 435 g/mol. The van der Waals surface area contributed by atoms with E-state index >= 15 is 0 Å². The molecule has 7 nitrogen and oxygen atoms in total. The van der Waals surface area contributed by atoms with Gasteiger partial charge in [0.25, 0.3) is 0 Å². The number of ether oxygens (including phenoxy) is 1. The highest BCUT2D eigenvalue weighted by atomic mass is 127. The quantitative estimate of drug-likeness (QED) is 0.603. The number of carbonyl (C=O) groups excluding carboxylic acids is 1. The Balaban J connectivity index is 1.76. The van der Waals surface area contributed by atoms with E-state index in [0.29, 0.717) is 24.8 Å². The van der Waals surface area contributed by atoms with Crippen LogP contribution in [0.3, 0.4) is 0 Å². The SMILES string of the molecule is Nc1ncc(I)cc1-c1nc2ccc(N3CCCOC3=O)cc2[nH]1. The minimum Gasteiger partial charge on any atom is -0.449 e. The van der Waals surface area contributed by atoms with Crippen LogP contribution in [0.5, 0.6) is 0 Å². The predicted octanol–water partition coefficient (Wildman–Crippen LogP) is 3.16. The Hall–Kier alpha value is -2.36. The normalized spacial score (nSPS) is 14.9. The second-order valence-corrected chi connectivity index (χ2v) is 6.74.